The van der Waals surface area contributed by atoms with Gasteiger partial charge >= 0.3 is 5.97 Å². The summed E-state index contributed by atoms with van der Waals surface area (Å²) in [6.45, 7) is 0.885. The molecule has 0 saturated heterocycles. The fourth-order valence-electron chi connectivity index (χ4n) is 2.30. The average molecular weight is 260 g/mol. The SMILES string of the molecule is [B]C(=O)NCC1CCc2cc(C(=O)O)cc(=O)n2C1. The number of carboxylic acid groups (broad SMARTS) is 1. The third-order valence-electron chi connectivity index (χ3n) is 3.28. The molecule has 1 unspecified atom stereocenters. The summed E-state index contributed by atoms with van der Waals surface area (Å²) in [4.78, 5) is 33.4. The van der Waals surface area contributed by atoms with Crippen LogP contribution in [0.4, 0.5) is 4.79 Å². The Morgan fingerprint density at radius 1 is 1.47 bits per heavy atom. The van der Waals surface area contributed by atoms with Gasteiger partial charge in [-0.3, -0.25) is 9.59 Å². The summed E-state index contributed by atoms with van der Waals surface area (Å²) in [7, 11) is 5.00. The van der Waals surface area contributed by atoms with E-state index in [1.165, 1.54) is 6.07 Å². The van der Waals surface area contributed by atoms with Gasteiger partial charge in [-0.2, -0.15) is 0 Å². The number of nitrogens with zero attached hydrogens (tertiary/aromatic N) is 1. The second kappa shape index (κ2) is 5.30. The minimum absolute atomic E-state index is 0.0185. The fourth-order valence-corrected chi connectivity index (χ4v) is 2.30. The zero-order chi connectivity index (χ0) is 14.0. The summed E-state index contributed by atoms with van der Waals surface area (Å²) in [5, 5.41) is 11.4. The van der Waals surface area contributed by atoms with Gasteiger partial charge < -0.3 is 15.0 Å². The molecule has 2 radical (unpaired) electrons. The number of amides is 1. The van der Waals surface area contributed by atoms with Crippen molar-refractivity contribution in [2.24, 2.45) is 5.92 Å². The highest BCUT2D eigenvalue weighted by molar-refractivity contribution is 6.57. The number of carboxylic acids is 1. The van der Waals surface area contributed by atoms with E-state index in [0.29, 0.717) is 19.5 Å². The summed E-state index contributed by atoms with van der Waals surface area (Å²) in [6.07, 6.45) is 1.39. The molecule has 0 bridgehead atoms. The van der Waals surface area contributed by atoms with Crippen LogP contribution in [0.2, 0.25) is 0 Å². The molecule has 1 aromatic rings. The molecule has 0 aromatic carbocycles. The van der Waals surface area contributed by atoms with Crippen molar-refractivity contribution in [1.82, 2.24) is 9.88 Å². The predicted octanol–water partition coefficient (Wildman–Crippen LogP) is -0.0130. The van der Waals surface area contributed by atoms with Crippen molar-refractivity contribution in [2.75, 3.05) is 6.54 Å². The van der Waals surface area contributed by atoms with Gasteiger partial charge in [-0.1, -0.05) is 0 Å². The van der Waals surface area contributed by atoms with Crippen molar-refractivity contribution in [1.29, 1.82) is 0 Å². The van der Waals surface area contributed by atoms with E-state index < -0.39 is 11.8 Å². The van der Waals surface area contributed by atoms with Crippen molar-refractivity contribution in [3.8, 4) is 0 Å². The Morgan fingerprint density at radius 2 is 2.21 bits per heavy atom. The summed E-state index contributed by atoms with van der Waals surface area (Å²) < 4.78 is 1.56. The molecular weight excluding hydrogens is 247 g/mol. The second-order valence-corrected chi connectivity index (χ2v) is 4.64. The molecule has 1 aromatic heterocycles. The van der Waals surface area contributed by atoms with E-state index in [4.69, 9.17) is 13.0 Å². The third kappa shape index (κ3) is 3.04. The fraction of sp³-hybridized carbons (Fsp3) is 0.417. The van der Waals surface area contributed by atoms with Crippen molar-refractivity contribution in [3.63, 3.8) is 0 Å². The Hall–Kier alpha value is -2.05. The quantitative estimate of drug-likeness (QED) is 0.748. The monoisotopic (exact) mass is 260 g/mol. The first kappa shape index (κ1) is 13.4. The van der Waals surface area contributed by atoms with Crippen LogP contribution in [0.1, 0.15) is 22.5 Å². The number of aryl methyl sites for hydroxylation is 1. The molecule has 2 N–H and O–H groups in total. The van der Waals surface area contributed by atoms with Crippen LogP contribution in [-0.4, -0.2) is 35.8 Å². The van der Waals surface area contributed by atoms with Gasteiger partial charge in [0.15, 0.2) is 13.7 Å². The topological polar surface area (TPSA) is 88.4 Å². The molecule has 98 valence electrons. The Bertz CT molecular complexity index is 582. The second-order valence-electron chi connectivity index (χ2n) is 4.64. The predicted molar refractivity (Wildman–Crippen MR) is 68.6 cm³/mol. The maximum absolute atomic E-state index is 11.9. The molecule has 7 heteroatoms. The highest BCUT2D eigenvalue weighted by atomic mass is 16.4. The van der Waals surface area contributed by atoms with E-state index >= 15 is 0 Å². The lowest BCUT2D eigenvalue weighted by molar-refractivity contribution is 0.0696. The van der Waals surface area contributed by atoms with Gasteiger partial charge in [0.1, 0.15) is 0 Å². The normalized spacial score (nSPS) is 17.6. The van der Waals surface area contributed by atoms with Crippen LogP contribution in [0.25, 0.3) is 0 Å². The standard InChI is InChI=1S/C12H13BN2O4/c13-12(19)14-5-7-1-2-9-3-8(11(17)18)4-10(16)15(9)6-7/h3-4,7H,1-2,5-6H2,(H,14,19)(H,17,18). The molecule has 2 rings (SSSR count). The van der Waals surface area contributed by atoms with E-state index in [1.54, 1.807) is 4.57 Å². The minimum atomic E-state index is -1.10. The lowest BCUT2D eigenvalue weighted by Crippen LogP contribution is -2.37. The van der Waals surface area contributed by atoms with Gasteiger partial charge in [0.25, 0.3) is 5.56 Å². The largest absolute Gasteiger partial charge is 0.478 e. The summed E-state index contributed by atoms with van der Waals surface area (Å²) in [6, 6.07) is 2.65. The summed E-state index contributed by atoms with van der Waals surface area (Å²) in [5.41, 5.74) is 0.420. The molecule has 1 aliphatic heterocycles. The molecule has 0 saturated carbocycles. The minimum Gasteiger partial charge on any atom is -0.478 e. The molecule has 0 spiro atoms. The molecule has 1 amide bonds. The van der Waals surface area contributed by atoms with E-state index in [-0.39, 0.29) is 17.0 Å². The van der Waals surface area contributed by atoms with Crippen molar-refractivity contribution in [2.45, 2.75) is 19.4 Å². The molecule has 1 aliphatic rings. The molecular formula is C12H13BN2O4. The van der Waals surface area contributed by atoms with Crippen LogP contribution in [0, 0.1) is 5.92 Å². The lowest BCUT2D eigenvalue weighted by atomic mass is 9.95. The van der Waals surface area contributed by atoms with Crippen molar-refractivity contribution in [3.05, 3.63) is 33.7 Å². The molecule has 2 heterocycles. The van der Waals surface area contributed by atoms with Crippen molar-refractivity contribution >= 4 is 19.6 Å². The summed E-state index contributed by atoms with van der Waals surface area (Å²) >= 11 is 0. The first-order chi connectivity index (χ1) is 8.97. The van der Waals surface area contributed by atoms with Crippen LogP contribution in [0.5, 0.6) is 0 Å². The molecule has 0 fully saturated rings. The van der Waals surface area contributed by atoms with E-state index in [1.807, 2.05) is 0 Å². The highest BCUT2D eigenvalue weighted by Crippen LogP contribution is 2.18. The number of aromatic carboxylic acids is 1. The van der Waals surface area contributed by atoms with Gasteiger partial charge in [-0.05, 0) is 24.8 Å². The Balaban J connectivity index is 2.19. The Morgan fingerprint density at radius 3 is 2.84 bits per heavy atom. The van der Waals surface area contributed by atoms with Crippen LogP contribution in [0.3, 0.4) is 0 Å². The number of nitrogens with one attached hydrogen (secondary N) is 1. The number of fused-ring (bicyclic) bond motifs is 1. The molecule has 19 heavy (non-hydrogen) atoms. The number of hydrogen-bond acceptors (Lipinski definition) is 3. The third-order valence-corrected chi connectivity index (χ3v) is 3.28. The maximum atomic E-state index is 11.9. The first-order valence-corrected chi connectivity index (χ1v) is 5.97. The number of hydrogen-bond donors (Lipinski definition) is 2. The van der Waals surface area contributed by atoms with Gasteiger partial charge in [-0.15, -0.1) is 0 Å². The number of pyridine rings is 1. The van der Waals surface area contributed by atoms with E-state index in [2.05, 4.69) is 5.32 Å². The van der Waals surface area contributed by atoms with Crippen LogP contribution in [0.15, 0.2) is 16.9 Å². The van der Waals surface area contributed by atoms with Crippen LogP contribution < -0.4 is 10.9 Å². The van der Waals surface area contributed by atoms with Crippen LogP contribution >= 0.6 is 0 Å². The van der Waals surface area contributed by atoms with E-state index in [0.717, 1.165) is 18.2 Å². The summed E-state index contributed by atoms with van der Waals surface area (Å²) in [5.74, 6) is -1.55. The number of aromatic nitrogens is 1. The van der Waals surface area contributed by atoms with E-state index in [9.17, 15) is 14.4 Å². The number of carbonyl (C=O) groups excluding carboxylic acids is 1. The van der Waals surface area contributed by atoms with Gasteiger partial charge in [0.2, 0.25) is 0 Å². The average Bonchev–Trinajstić information content (AvgIpc) is 2.36. The Labute approximate surface area is 110 Å². The van der Waals surface area contributed by atoms with Crippen LogP contribution in [-0.2, 0) is 13.0 Å². The van der Waals surface area contributed by atoms with Gasteiger partial charge in [0, 0.05) is 24.8 Å². The number of carbonyl (C=O) groups is 2. The van der Waals surface area contributed by atoms with Gasteiger partial charge in [0.05, 0.1) is 5.56 Å². The highest BCUT2D eigenvalue weighted by Gasteiger charge is 2.21. The lowest BCUT2D eigenvalue weighted by Gasteiger charge is -2.26. The zero-order valence-corrected chi connectivity index (χ0v) is 10.3. The zero-order valence-electron chi connectivity index (χ0n) is 10.3. The first-order valence-electron chi connectivity index (χ1n) is 5.97. The number of rotatable bonds is 3. The maximum Gasteiger partial charge on any atom is 0.335 e. The van der Waals surface area contributed by atoms with Gasteiger partial charge in [-0.25, -0.2) is 4.79 Å². The van der Waals surface area contributed by atoms with Crippen molar-refractivity contribution < 1.29 is 14.7 Å². The Kier molecular flexibility index (Phi) is 3.73. The molecule has 0 aliphatic carbocycles. The molecule has 6 nitrogen and oxygen atoms in total. The smallest absolute Gasteiger partial charge is 0.335 e. The molecule has 1 atom stereocenters.